The molecule has 3 rings (SSSR count). The molecule has 1 amide bonds. The van der Waals surface area contributed by atoms with Crippen LogP contribution in [0, 0.1) is 0 Å². The Morgan fingerprint density at radius 2 is 2.11 bits per heavy atom. The van der Waals surface area contributed by atoms with Crippen LogP contribution >= 0.6 is 0 Å². The van der Waals surface area contributed by atoms with Crippen molar-refractivity contribution in [2.45, 2.75) is 19.4 Å². The molecule has 1 aliphatic rings. The van der Waals surface area contributed by atoms with Crippen LogP contribution in [0.5, 0.6) is 0 Å². The minimum Gasteiger partial charge on any atom is -0.369 e. The number of carbonyl (C=O) groups excluding carboxylic acids is 1. The first-order valence-corrected chi connectivity index (χ1v) is 9.29. The number of nitrogens with one attached hydrogen (secondary N) is 3. The first-order chi connectivity index (χ1) is 13.2. The second-order valence-corrected chi connectivity index (χ2v) is 6.40. The highest BCUT2D eigenvalue weighted by Gasteiger charge is 2.23. The molecule has 1 atom stereocenters. The molecule has 1 aliphatic heterocycles. The summed E-state index contributed by atoms with van der Waals surface area (Å²) in [7, 11) is 0. The number of guanidine groups is 1. The number of para-hydroxylation sites is 1. The van der Waals surface area contributed by atoms with Crippen molar-refractivity contribution in [1.82, 2.24) is 15.6 Å². The van der Waals surface area contributed by atoms with Crippen LogP contribution in [0.25, 0.3) is 0 Å². The smallest absolute Gasteiger partial charge is 0.246 e. The number of amides is 1. The Hall–Kier alpha value is -3.09. The number of pyridine rings is 1. The molecule has 1 aromatic heterocycles. The zero-order chi connectivity index (χ0) is 18.9. The number of anilines is 2. The molecular formula is C20H26N6O. The molecule has 142 valence electrons. The van der Waals surface area contributed by atoms with Crippen molar-refractivity contribution in [3.8, 4) is 0 Å². The first-order valence-electron chi connectivity index (χ1n) is 9.29. The lowest BCUT2D eigenvalue weighted by atomic mass is 10.3. The Bertz CT molecular complexity index is 750. The summed E-state index contributed by atoms with van der Waals surface area (Å²) in [5.41, 5.74) is 1.91. The zero-order valence-electron chi connectivity index (χ0n) is 15.6. The van der Waals surface area contributed by atoms with Crippen LogP contribution in [0.1, 0.15) is 13.3 Å². The number of hydrogen-bond donors (Lipinski definition) is 3. The van der Waals surface area contributed by atoms with E-state index in [1.54, 1.807) is 24.5 Å². The van der Waals surface area contributed by atoms with Gasteiger partial charge in [0.15, 0.2) is 5.96 Å². The van der Waals surface area contributed by atoms with Crippen LogP contribution in [0.4, 0.5) is 11.4 Å². The van der Waals surface area contributed by atoms with Crippen LogP contribution in [0.2, 0.25) is 0 Å². The molecule has 3 N–H and O–H groups in total. The van der Waals surface area contributed by atoms with Gasteiger partial charge in [-0.15, -0.1) is 0 Å². The maximum atomic E-state index is 12.1. The molecule has 0 aliphatic carbocycles. The molecule has 0 bridgehead atoms. The summed E-state index contributed by atoms with van der Waals surface area (Å²) in [6.07, 6.45) is 4.31. The molecule has 1 saturated heterocycles. The number of benzene rings is 1. The number of aliphatic imine (C=N–C) groups is 1. The highest BCUT2D eigenvalue weighted by atomic mass is 16.1. The average Bonchev–Trinajstić information content (AvgIpc) is 3.16. The van der Waals surface area contributed by atoms with Crippen molar-refractivity contribution >= 4 is 23.2 Å². The second-order valence-electron chi connectivity index (χ2n) is 6.40. The Kier molecular flexibility index (Phi) is 6.62. The highest BCUT2D eigenvalue weighted by Crippen LogP contribution is 2.19. The van der Waals surface area contributed by atoms with Crippen molar-refractivity contribution < 1.29 is 4.79 Å². The van der Waals surface area contributed by atoms with Gasteiger partial charge in [-0.2, -0.15) is 0 Å². The molecule has 2 heterocycles. The fourth-order valence-electron chi connectivity index (χ4n) is 3.05. The maximum absolute atomic E-state index is 12.1. The molecule has 0 saturated carbocycles. The molecular weight excluding hydrogens is 340 g/mol. The van der Waals surface area contributed by atoms with Gasteiger partial charge in [0.1, 0.15) is 6.54 Å². The van der Waals surface area contributed by atoms with E-state index in [-0.39, 0.29) is 12.5 Å². The van der Waals surface area contributed by atoms with E-state index in [1.165, 1.54) is 5.69 Å². The number of aromatic nitrogens is 1. The third-order valence-corrected chi connectivity index (χ3v) is 4.32. The van der Waals surface area contributed by atoms with Gasteiger partial charge in [-0.3, -0.25) is 9.78 Å². The molecule has 27 heavy (non-hydrogen) atoms. The van der Waals surface area contributed by atoms with Crippen molar-refractivity contribution in [2.24, 2.45) is 4.99 Å². The van der Waals surface area contributed by atoms with Crippen LogP contribution in [0.15, 0.2) is 59.9 Å². The third kappa shape index (κ3) is 5.70. The summed E-state index contributed by atoms with van der Waals surface area (Å²) < 4.78 is 0. The molecule has 0 radical (unpaired) electrons. The monoisotopic (exact) mass is 366 g/mol. The number of hydrogen-bond acceptors (Lipinski definition) is 4. The minimum absolute atomic E-state index is 0.0549. The Morgan fingerprint density at radius 1 is 1.26 bits per heavy atom. The lowest BCUT2D eigenvalue weighted by molar-refractivity contribution is -0.114. The fourth-order valence-corrected chi connectivity index (χ4v) is 3.05. The van der Waals surface area contributed by atoms with E-state index in [1.807, 2.05) is 13.0 Å². The Balaban J connectivity index is 1.52. The summed E-state index contributed by atoms with van der Waals surface area (Å²) in [5.74, 6) is 0.497. The van der Waals surface area contributed by atoms with Crippen molar-refractivity contribution in [1.29, 1.82) is 0 Å². The van der Waals surface area contributed by atoms with E-state index in [0.717, 1.165) is 26.1 Å². The maximum Gasteiger partial charge on any atom is 0.246 e. The van der Waals surface area contributed by atoms with E-state index in [4.69, 9.17) is 0 Å². The van der Waals surface area contributed by atoms with Gasteiger partial charge in [-0.1, -0.05) is 18.2 Å². The van der Waals surface area contributed by atoms with E-state index in [2.05, 4.69) is 55.1 Å². The van der Waals surface area contributed by atoms with Crippen molar-refractivity contribution in [2.75, 3.05) is 36.4 Å². The summed E-state index contributed by atoms with van der Waals surface area (Å²) in [6, 6.07) is 14.3. The van der Waals surface area contributed by atoms with Gasteiger partial charge in [-0.25, -0.2) is 4.99 Å². The molecule has 0 spiro atoms. The fraction of sp³-hybridized carbons (Fsp3) is 0.350. The van der Waals surface area contributed by atoms with Gasteiger partial charge in [0.25, 0.3) is 0 Å². The molecule has 1 unspecified atom stereocenters. The number of carbonyl (C=O) groups is 1. The van der Waals surface area contributed by atoms with Gasteiger partial charge in [0.2, 0.25) is 5.91 Å². The molecule has 1 fully saturated rings. The number of nitrogens with zero attached hydrogens (tertiary/aromatic N) is 3. The lowest BCUT2D eigenvalue weighted by Crippen LogP contribution is -2.45. The summed E-state index contributed by atoms with van der Waals surface area (Å²) in [6.45, 7) is 4.72. The predicted molar refractivity (Wildman–Crippen MR) is 109 cm³/mol. The molecule has 2 aromatic rings. The van der Waals surface area contributed by atoms with E-state index in [0.29, 0.717) is 17.7 Å². The quantitative estimate of drug-likeness (QED) is 0.537. The number of rotatable bonds is 6. The summed E-state index contributed by atoms with van der Waals surface area (Å²) in [5, 5.41) is 9.44. The average molecular weight is 366 g/mol. The topological polar surface area (TPSA) is 81.6 Å². The van der Waals surface area contributed by atoms with E-state index in [9.17, 15) is 4.79 Å². The SMILES string of the molecule is CCNC(=NCC(=O)Nc1cccnc1)NC1CCN(c2ccccc2)C1. The Morgan fingerprint density at radius 3 is 2.85 bits per heavy atom. The van der Waals surface area contributed by atoms with E-state index < -0.39 is 0 Å². The van der Waals surface area contributed by atoms with Crippen LogP contribution in [-0.2, 0) is 4.79 Å². The van der Waals surface area contributed by atoms with Gasteiger partial charge < -0.3 is 20.9 Å². The van der Waals surface area contributed by atoms with Gasteiger partial charge >= 0.3 is 0 Å². The molecule has 1 aromatic carbocycles. The standard InChI is InChI=1S/C20H26N6O/c1-2-22-20(23-14-19(27)24-16-7-6-11-21-13-16)25-17-10-12-26(15-17)18-8-4-3-5-9-18/h3-9,11,13,17H,2,10,12,14-15H2,1H3,(H,24,27)(H2,22,23,25). The molecule has 7 heteroatoms. The van der Waals surface area contributed by atoms with Gasteiger partial charge in [0, 0.05) is 37.6 Å². The normalized spacial score (nSPS) is 16.9. The highest BCUT2D eigenvalue weighted by molar-refractivity contribution is 5.94. The van der Waals surface area contributed by atoms with Crippen LogP contribution < -0.4 is 20.9 Å². The van der Waals surface area contributed by atoms with Crippen molar-refractivity contribution in [3.63, 3.8) is 0 Å². The minimum atomic E-state index is -0.169. The van der Waals surface area contributed by atoms with Crippen molar-refractivity contribution in [3.05, 3.63) is 54.9 Å². The van der Waals surface area contributed by atoms with Crippen LogP contribution in [-0.4, -0.2) is 49.1 Å². The predicted octanol–water partition coefficient (Wildman–Crippen LogP) is 1.85. The zero-order valence-corrected chi connectivity index (χ0v) is 15.6. The second kappa shape index (κ2) is 9.56. The first kappa shape index (κ1) is 18.7. The van der Waals surface area contributed by atoms with E-state index >= 15 is 0 Å². The Labute approximate surface area is 159 Å². The van der Waals surface area contributed by atoms with Gasteiger partial charge in [-0.05, 0) is 37.6 Å². The largest absolute Gasteiger partial charge is 0.369 e. The van der Waals surface area contributed by atoms with Crippen LogP contribution in [0.3, 0.4) is 0 Å². The summed E-state index contributed by atoms with van der Waals surface area (Å²) >= 11 is 0. The molecule has 7 nitrogen and oxygen atoms in total. The van der Waals surface area contributed by atoms with Gasteiger partial charge in [0.05, 0.1) is 11.9 Å². The third-order valence-electron chi connectivity index (χ3n) is 4.32. The lowest BCUT2D eigenvalue weighted by Gasteiger charge is -2.20. The summed E-state index contributed by atoms with van der Waals surface area (Å²) in [4.78, 5) is 22.8.